The normalized spacial score (nSPS) is 11.4. The van der Waals surface area contributed by atoms with E-state index in [-0.39, 0.29) is 5.15 Å². The molecule has 0 radical (unpaired) electrons. The summed E-state index contributed by atoms with van der Waals surface area (Å²) in [6, 6.07) is 3.48. The topological polar surface area (TPSA) is 30.0 Å². The van der Waals surface area contributed by atoms with Crippen LogP contribution in [0.1, 0.15) is 10.5 Å². The van der Waals surface area contributed by atoms with E-state index in [4.69, 9.17) is 11.6 Å². The van der Waals surface area contributed by atoms with Gasteiger partial charge >= 0.3 is 6.18 Å². The zero-order valence-corrected chi connectivity index (χ0v) is 6.86. The van der Waals surface area contributed by atoms with Crippen molar-refractivity contribution in [3.8, 4) is 0 Å². The van der Waals surface area contributed by atoms with Crippen LogP contribution in [0, 0.1) is 0 Å². The van der Waals surface area contributed by atoms with E-state index in [2.05, 4.69) is 4.98 Å². The molecule has 0 spiro atoms. The molecule has 0 N–H and O–H groups in total. The molecule has 2 nitrogen and oxygen atoms in total. The largest absolute Gasteiger partial charge is 0.456 e. The van der Waals surface area contributed by atoms with Crippen molar-refractivity contribution < 1.29 is 18.0 Å². The molecule has 0 bridgehead atoms. The van der Waals surface area contributed by atoms with Crippen LogP contribution in [-0.2, 0) is 0 Å². The molecule has 0 aliphatic rings. The summed E-state index contributed by atoms with van der Waals surface area (Å²) in [5, 5.41) is -0.143. The number of carbonyl (C=O) groups excluding carboxylic acids is 1. The Morgan fingerprint density at radius 2 is 2.00 bits per heavy atom. The molecule has 70 valence electrons. The number of Topliss-reactive ketones (excluding diaryl/α,β-unsaturated/α-hetero) is 1. The molecule has 6 heteroatoms. The number of ketones is 1. The lowest BCUT2D eigenvalue weighted by atomic mass is 10.2. The number of pyridine rings is 1. The zero-order chi connectivity index (χ0) is 10.1. The second-order valence-corrected chi connectivity index (χ2v) is 2.56. The maximum Gasteiger partial charge on any atom is 0.456 e. The molecule has 1 aromatic rings. The van der Waals surface area contributed by atoms with E-state index in [1.165, 1.54) is 12.1 Å². The van der Waals surface area contributed by atoms with Gasteiger partial charge in [-0.15, -0.1) is 0 Å². The monoisotopic (exact) mass is 209 g/mol. The van der Waals surface area contributed by atoms with Gasteiger partial charge in [-0.05, 0) is 12.1 Å². The molecule has 0 atom stereocenters. The third-order valence-electron chi connectivity index (χ3n) is 1.21. The molecule has 0 unspecified atom stereocenters. The number of carbonyl (C=O) groups is 1. The maximum atomic E-state index is 11.8. The standard InChI is InChI=1S/C7H3ClF3NO/c8-5-3-1-2-4(12-5)6(13)7(9,10)11/h1-3H. The van der Waals surface area contributed by atoms with Crippen LogP contribution < -0.4 is 0 Å². The number of alkyl halides is 3. The van der Waals surface area contributed by atoms with Crippen LogP contribution in [-0.4, -0.2) is 16.9 Å². The van der Waals surface area contributed by atoms with Crippen LogP contribution in [0.4, 0.5) is 13.2 Å². The van der Waals surface area contributed by atoms with E-state index in [1.807, 2.05) is 0 Å². The van der Waals surface area contributed by atoms with Crippen molar-refractivity contribution in [3.63, 3.8) is 0 Å². The van der Waals surface area contributed by atoms with Crippen molar-refractivity contribution in [3.05, 3.63) is 29.0 Å². The van der Waals surface area contributed by atoms with Gasteiger partial charge in [-0.1, -0.05) is 17.7 Å². The van der Waals surface area contributed by atoms with Gasteiger partial charge in [0.25, 0.3) is 5.78 Å². The van der Waals surface area contributed by atoms with E-state index in [0.717, 1.165) is 6.07 Å². The Bertz CT molecular complexity index is 337. The Kier molecular flexibility index (Phi) is 2.56. The van der Waals surface area contributed by atoms with Crippen LogP contribution in [0.3, 0.4) is 0 Å². The minimum absolute atomic E-state index is 0.143. The quantitative estimate of drug-likeness (QED) is 0.525. The Balaban J connectivity index is 3.03. The predicted octanol–water partition coefficient (Wildman–Crippen LogP) is 2.48. The Labute approximate surface area is 76.3 Å². The number of aromatic nitrogens is 1. The first-order valence-corrected chi connectivity index (χ1v) is 3.53. The summed E-state index contributed by atoms with van der Waals surface area (Å²) in [4.78, 5) is 13.8. The van der Waals surface area contributed by atoms with Crippen LogP contribution in [0.25, 0.3) is 0 Å². The Morgan fingerprint density at radius 3 is 2.46 bits per heavy atom. The first-order valence-electron chi connectivity index (χ1n) is 3.15. The molecule has 0 saturated carbocycles. The summed E-state index contributed by atoms with van der Waals surface area (Å²) in [6.07, 6.45) is -4.91. The number of hydrogen-bond donors (Lipinski definition) is 0. The highest BCUT2D eigenvalue weighted by atomic mass is 35.5. The van der Waals surface area contributed by atoms with Crippen LogP contribution in [0.15, 0.2) is 18.2 Å². The van der Waals surface area contributed by atoms with Gasteiger partial charge < -0.3 is 0 Å². The molecule has 13 heavy (non-hydrogen) atoms. The Morgan fingerprint density at radius 1 is 1.38 bits per heavy atom. The smallest absolute Gasteiger partial charge is 0.282 e. The fraction of sp³-hybridized carbons (Fsp3) is 0.143. The molecular formula is C7H3ClF3NO. The molecular weight excluding hydrogens is 207 g/mol. The summed E-state index contributed by atoms with van der Waals surface area (Å²) >= 11 is 5.31. The molecule has 1 heterocycles. The average molecular weight is 210 g/mol. The second kappa shape index (κ2) is 3.33. The minimum atomic E-state index is -4.91. The van der Waals surface area contributed by atoms with Gasteiger partial charge in [0.05, 0.1) is 0 Å². The third-order valence-corrected chi connectivity index (χ3v) is 1.42. The first-order chi connectivity index (χ1) is 5.91. The summed E-state index contributed by atoms with van der Waals surface area (Å²) in [5.74, 6) is -1.99. The molecule has 0 amide bonds. The lowest BCUT2D eigenvalue weighted by molar-refractivity contribution is -0.0888. The van der Waals surface area contributed by atoms with E-state index in [0.29, 0.717) is 0 Å². The van der Waals surface area contributed by atoms with Crippen molar-refractivity contribution in [1.82, 2.24) is 4.98 Å². The fourth-order valence-electron chi connectivity index (χ4n) is 0.680. The third kappa shape index (κ3) is 2.42. The highest BCUT2D eigenvalue weighted by molar-refractivity contribution is 6.29. The van der Waals surface area contributed by atoms with E-state index < -0.39 is 17.7 Å². The van der Waals surface area contributed by atoms with Gasteiger partial charge in [0, 0.05) is 0 Å². The summed E-state index contributed by atoms with van der Waals surface area (Å²) < 4.78 is 35.5. The molecule has 1 aromatic heterocycles. The highest BCUT2D eigenvalue weighted by Crippen LogP contribution is 2.20. The minimum Gasteiger partial charge on any atom is -0.282 e. The molecule has 0 saturated heterocycles. The molecule has 0 aliphatic carbocycles. The SMILES string of the molecule is O=C(c1cccc(Cl)n1)C(F)(F)F. The molecule has 0 fully saturated rings. The van der Waals surface area contributed by atoms with E-state index in [9.17, 15) is 18.0 Å². The van der Waals surface area contributed by atoms with Crippen molar-refractivity contribution in [2.45, 2.75) is 6.18 Å². The van der Waals surface area contributed by atoms with Crippen LogP contribution in [0.5, 0.6) is 0 Å². The zero-order valence-electron chi connectivity index (χ0n) is 6.10. The highest BCUT2D eigenvalue weighted by Gasteiger charge is 2.40. The predicted molar refractivity (Wildman–Crippen MR) is 39.6 cm³/mol. The van der Waals surface area contributed by atoms with Crippen molar-refractivity contribution in [1.29, 1.82) is 0 Å². The number of halogens is 4. The van der Waals surface area contributed by atoms with Gasteiger partial charge in [-0.3, -0.25) is 4.79 Å². The average Bonchev–Trinajstić information content (AvgIpc) is 2.01. The fourth-order valence-corrected chi connectivity index (χ4v) is 0.844. The second-order valence-electron chi connectivity index (χ2n) is 2.17. The van der Waals surface area contributed by atoms with Gasteiger partial charge in [-0.2, -0.15) is 13.2 Å². The van der Waals surface area contributed by atoms with Gasteiger partial charge in [-0.25, -0.2) is 4.98 Å². The van der Waals surface area contributed by atoms with Gasteiger partial charge in [0.2, 0.25) is 0 Å². The van der Waals surface area contributed by atoms with Gasteiger partial charge in [0.15, 0.2) is 0 Å². The van der Waals surface area contributed by atoms with Crippen LogP contribution >= 0.6 is 11.6 Å². The van der Waals surface area contributed by atoms with Crippen LogP contribution in [0.2, 0.25) is 5.15 Å². The first kappa shape index (κ1) is 9.98. The molecule has 0 aliphatic heterocycles. The summed E-state index contributed by atoms with van der Waals surface area (Å²) in [7, 11) is 0. The lowest BCUT2D eigenvalue weighted by Gasteiger charge is -2.03. The van der Waals surface area contributed by atoms with Crippen molar-refractivity contribution in [2.24, 2.45) is 0 Å². The summed E-state index contributed by atoms with van der Waals surface area (Å²) in [5.41, 5.74) is -0.694. The number of nitrogens with zero attached hydrogens (tertiary/aromatic N) is 1. The number of rotatable bonds is 1. The van der Waals surface area contributed by atoms with Gasteiger partial charge in [0.1, 0.15) is 10.8 Å². The maximum absolute atomic E-state index is 11.8. The van der Waals surface area contributed by atoms with Crippen molar-refractivity contribution in [2.75, 3.05) is 0 Å². The van der Waals surface area contributed by atoms with E-state index in [1.54, 1.807) is 0 Å². The van der Waals surface area contributed by atoms with E-state index >= 15 is 0 Å². The Hall–Kier alpha value is -1.10. The molecule has 0 aromatic carbocycles. The summed E-state index contributed by atoms with van der Waals surface area (Å²) in [6.45, 7) is 0. The lowest BCUT2D eigenvalue weighted by Crippen LogP contribution is -2.23. The number of hydrogen-bond acceptors (Lipinski definition) is 2. The molecule has 1 rings (SSSR count). The van der Waals surface area contributed by atoms with Crippen molar-refractivity contribution >= 4 is 17.4 Å².